The van der Waals surface area contributed by atoms with Crippen LogP contribution in [-0.4, -0.2) is 17.1 Å². The predicted molar refractivity (Wildman–Crippen MR) is 102 cm³/mol. The molecule has 1 N–H and O–H groups in total. The smallest absolute Gasteiger partial charge is 0.257 e. The SMILES string of the molecule is CSc1ccc(C)c(C(=O)Nc2ncc(Cc3ccc(F)cc3)s2)c1. The van der Waals surface area contributed by atoms with Crippen molar-refractivity contribution in [3.63, 3.8) is 0 Å². The van der Waals surface area contributed by atoms with E-state index in [4.69, 9.17) is 0 Å². The Balaban J connectivity index is 1.70. The van der Waals surface area contributed by atoms with Gasteiger partial charge in [0, 0.05) is 28.0 Å². The lowest BCUT2D eigenvalue weighted by atomic mass is 10.1. The van der Waals surface area contributed by atoms with Crippen LogP contribution in [0, 0.1) is 12.7 Å². The zero-order chi connectivity index (χ0) is 17.8. The third kappa shape index (κ3) is 4.46. The second-order valence-electron chi connectivity index (χ2n) is 5.57. The van der Waals surface area contributed by atoms with E-state index in [-0.39, 0.29) is 11.7 Å². The van der Waals surface area contributed by atoms with Gasteiger partial charge in [0.15, 0.2) is 5.13 Å². The Hall–Kier alpha value is -2.18. The van der Waals surface area contributed by atoms with Gasteiger partial charge in [0.25, 0.3) is 5.91 Å². The van der Waals surface area contributed by atoms with E-state index in [9.17, 15) is 9.18 Å². The number of thiazole rings is 1. The van der Waals surface area contributed by atoms with Crippen molar-refractivity contribution in [1.29, 1.82) is 0 Å². The van der Waals surface area contributed by atoms with Crippen LogP contribution in [0.4, 0.5) is 9.52 Å². The van der Waals surface area contributed by atoms with Crippen molar-refractivity contribution in [2.24, 2.45) is 0 Å². The molecule has 0 bridgehead atoms. The average molecular weight is 372 g/mol. The van der Waals surface area contributed by atoms with E-state index in [2.05, 4.69) is 10.3 Å². The number of nitrogens with one attached hydrogen (secondary N) is 1. The minimum atomic E-state index is -0.246. The number of thioether (sulfide) groups is 1. The molecule has 1 amide bonds. The Morgan fingerprint density at radius 2 is 2.00 bits per heavy atom. The molecule has 3 rings (SSSR count). The molecule has 0 atom stereocenters. The number of amides is 1. The number of aromatic nitrogens is 1. The first kappa shape index (κ1) is 17.6. The largest absolute Gasteiger partial charge is 0.298 e. The van der Waals surface area contributed by atoms with Crippen LogP contribution in [0.2, 0.25) is 0 Å². The van der Waals surface area contributed by atoms with Crippen LogP contribution in [0.3, 0.4) is 0 Å². The molecule has 1 heterocycles. The Labute approximate surface area is 154 Å². The Morgan fingerprint density at radius 1 is 1.24 bits per heavy atom. The summed E-state index contributed by atoms with van der Waals surface area (Å²) in [6, 6.07) is 12.2. The zero-order valence-electron chi connectivity index (χ0n) is 13.9. The van der Waals surface area contributed by atoms with E-state index >= 15 is 0 Å². The van der Waals surface area contributed by atoms with E-state index < -0.39 is 0 Å². The number of aryl methyl sites for hydroxylation is 1. The van der Waals surface area contributed by atoms with Gasteiger partial charge in [-0.25, -0.2) is 9.37 Å². The van der Waals surface area contributed by atoms with Crippen molar-refractivity contribution in [3.05, 3.63) is 76.0 Å². The molecule has 3 nitrogen and oxygen atoms in total. The van der Waals surface area contributed by atoms with E-state index in [0.717, 1.165) is 20.9 Å². The Morgan fingerprint density at radius 3 is 2.72 bits per heavy atom. The molecule has 0 saturated heterocycles. The number of halogens is 1. The molecular weight excluding hydrogens is 355 g/mol. The first-order valence-corrected chi connectivity index (χ1v) is 9.74. The number of hydrogen-bond acceptors (Lipinski definition) is 4. The van der Waals surface area contributed by atoms with Crippen LogP contribution >= 0.6 is 23.1 Å². The highest BCUT2D eigenvalue weighted by molar-refractivity contribution is 7.98. The van der Waals surface area contributed by atoms with Crippen LogP contribution in [0.25, 0.3) is 0 Å². The van der Waals surface area contributed by atoms with Gasteiger partial charge in [-0.3, -0.25) is 10.1 Å². The number of carbonyl (C=O) groups excluding carboxylic acids is 1. The summed E-state index contributed by atoms with van der Waals surface area (Å²) in [6.45, 7) is 1.92. The summed E-state index contributed by atoms with van der Waals surface area (Å²) in [5.74, 6) is -0.403. The lowest BCUT2D eigenvalue weighted by molar-refractivity contribution is 0.102. The fourth-order valence-electron chi connectivity index (χ4n) is 2.39. The summed E-state index contributed by atoms with van der Waals surface area (Å²) in [6.07, 6.45) is 4.39. The topological polar surface area (TPSA) is 42.0 Å². The van der Waals surface area contributed by atoms with Crippen molar-refractivity contribution < 1.29 is 9.18 Å². The summed E-state index contributed by atoms with van der Waals surface area (Å²) < 4.78 is 13.0. The van der Waals surface area contributed by atoms with Gasteiger partial charge in [0.05, 0.1) is 0 Å². The van der Waals surface area contributed by atoms with Gasteiger partial charge in [-0.2, -0.15) is 0 Å². The van der Waals surface area contributed by atoms with Gasteiger partial charge in [0.2, 0.25) is 0 Å². The van der Waals surface area contributed by atoms with Crippen LogP contribution < -0.4 is 5.32 Å². The fraction of sp³-hybridized carbons (Fsp3) is 0.158. The van der Waals surface area contributed by atoms with Gasteiger partial charge in [0.1, 0.15) is 5.82 Å². The number of rotatable bonds is 5. The molecule has 0 aliphatic carbocycles. The maximum Gasteiger partial charge on any atom is 0.257 e. The molecule has 25 heavy (non-hydrogen) atoms. The van der Waals surface area contributed by atoms with Crippen LogP contribution in [0.5, 0.6) is 0 Å². The van der Waals surface area contributed by atoms with Crippen molar-refractivity contribution in [2.45, 2.75) is 18.2 Å². The molecule has 0 unspecified atom stereocenters. The maximum atomic E-state index is 13.0. The third-order valence-electron chi connectivity index (χ3n) is 3.76. The third-order valence-corrected chi connectivity index (χ3v) is 5.39. The maximum absolute atomic E-state index is 13.0. The predicted octanol–water partition coefficient (Wildman–Crippen LogP) is 5.16. The van der Waals surface area contributed by atoms with Gasteiger partial charge >= 0.3 is 0 Å². The van der Waals surface area contributed by atoms with E-state index in [1.807, 2.05) is 31.4 Å². The minimum Gasteiger partial charge on any atom is -0.298 e. The summed E-state index contributed by atoms with van der Waals surface area (Å²) in [5.41, 5.74) is 2.59. The molecule has 0 spiro atoms. The lowest BCUT2D eigenvalue weighted by Gasteiger charge is -2.07. The first-order chi connectivity index (χ1) is 12.0. The molecule has 0 radical (unpaired) electrons. The number of hydrogen-bond donors (Lipinski definition) is 1. The second kappa shape index (κ2) is 7.80. The number of benzene rings is 2. The normalized spacial score (nSPS) is 10.7. The zero-order valence-corrected chi connectivity index (χ0v) is 15.5. The highest BCUT2D eigenvalue weighted by atomic mass is 32.2. The van der Waals surface area contributed by atoms with Crippen molar-refractivity contribution in [3.8, 4) is 0 Å². The van der Waals surface area contributed by atoms with Crippen LogP contribution in [0.1, 0.15) is 26.4 Å². The van der Waals surface area contributed by atoms with E-state index in [1.165, 1.54) is 23.5 Å². The quantitative estimate of drug-likeness (QED) is 0.629. The summed E-state index contributed by atoms with van der Waals surface area (Å²) >= 11 is 3.03. The molecule has 128 valence electrons. The highest BCUT2D eigenvalue weighted by Crippen LogP contribution is 2.24. The molecule has 0 aliphatic rings. The Kier molecular flexibility index (Phi) is 5.50. The van der Waals surface area contributed by atoms with Gasteiger partial charge in [-0.05, 0) is 48.6 Å². The highest BCUT2D eigenvalue weighted by Gasteiger charge is 2.12. The average Bonchev–Trinajstić information content (AvgIpc) is 3.04. The van der Waals surface area contributed by atoms with Gasteiger partial charge in [-0.15, -0.1) is 23.1 Å². The molecule has 0 aliphatic heterocycles. The first-order valence-electron chi connectivity index (χ1n) is 7.70. The van der Waals surface area contributed by atoms with Crippen molar-refractivity contribution in [2.75, 3.05) is 11.6 Å². The molecule has 6 heteroatoms. The van der Waals surface area contributed by atoms with Crippen molar-refractivity contribution in [1.82, 2.24) is 4.98 Å². The lowest BCUT2D eigenvalue weighted by Crippen LogP contribution is -2.13. The summed E-state index contributed by atoms with van der Waals surface area (Å²) in [7, 11) is 0. The minimum absolute atomic E-state index is 0.156. The molecule has 2 aromatic carbocycles. The molecule has 3 aromatic rings. The molecule has 1 aromatic heterocycles. The van der Waals surface area contributed by atoms with Crippen LogP contribution in [0.15, 0.2) is 53.6 Å². The van der Waals surface area contributed by atoms with Crippen LogP contribution in [-0.2, 0) is 6.42 Å². The molecule has 0 saturated carbocycles. The molecule has 0 fully saturated rings. The number of nitrogens with zero attached hydrogens (tertiary/aromatic N) is 1. The number of carbonyl (C=O) groups is 1. The van der Waals surface area contributed by atoms with E-state index in [1.54, 1.807) is 30.1 Å². The second-order valence-corrected chi connectivity index (χ2v) is 7.56. The fourth-order valence-corrected chi connectivity index (χ4v) is 3.67. The standard InChI is InChI=1S/C19H17FN2OS2/c1-12-3-8-15(24-2)10-17(12)18(23)22-19-21-11-16(25-19)9-13-4-6-14(20)7-5-13/h3-8,10-11H,9H2,1-2H3,(H,21,22,23). The van der Waals surface area contributed by atoms with E-state index in [0.29, 0.717) is 17.1 Å². The van der Waals surface area contributed by atoms with Gasteiger partial charge in [-0.1, -0.05) is 18.2 Å². The monoisotopic (exact) mass is 372 g/mol. The number of anilines is 1. The molecular formula is C19H17FN2OS2. The summed E-state index contributed by atoms with van der Waals surface area (Å²) in [5, 5.41) is 3.43. The Bertz CT molecular complexity index is 891. The summed E-state index contributed by atoms with van der Waals surface area (Å²) in [4.78, 5) is 18.8. The van der Waals surface area contributed by atoms with Crippen molar-refractivity contribution >= 4 is 34.1 Å². The van der Waals surface area contributed by atoms with Gasteiger partial charge < -0.3 is 0 Å².